The van der Waals surface area contributed by atoms with Crippen LogP contribution in [0.4, 0.5) is 0 Å². The minimum Gasteiger partial charge on any atom is -0.366 e. The van der Waals surface area contributed by atoms with Crippen LogP contribution in [0.5, 0.6) is 0 Å². The average molecular weight is 246 g/mol. The Bertz CT molecular complexity index is 417. The monoisotopic (exact) mass is 246 g/mol. The van der Waals surface area contributed by atoms with E-state index in [1.165, 1.54) is 19.3 Å². The summed E-state index contributed by atoms with van der Waals surface area (Å²) in [5.41, 5.74) is 6.98. The van der Waals surface area contributed by atoms with Crippen LogP contribution in [-0.2, 0) is 6.54 Å². The summed E-state index contributed by atoms with van der Waals surface area (Å²) in [5.74, 6) is 1.34. The third kappa shape index (κ3) is 3.57. The van der Waals surface area contributed by atoms with Gasteiger partial charge in [-0.25, -0.2) is 0 Å². The Kier molecular flexibility index (Phi) is 4.37. The molecule has 2 atom stereocenters. The molecule has 0 aliphatic heterocycles. The predicted molar refractivity (Wildman–Crippen MR) is 73.2 cm³/mol. The van der Waals surface area contributed by atoms with Crippen LogP contribution < -0.4 is 11.1 Å². The molecule has 3 N–H and O–H groups in total. The highest BCUT2D eigenvalue weighted by Crippen LogP contribution is 2.29. The molecule has 18 heavy (non-hydrogen) atoms. The van der Waals surface area contributed by atoms with Crippen molar-refractivity contribution in [3.63, 3.8) is 0 Å². The maximum Gasteiger partial charge on any atom is 0.248 e. The van der Waals surface area contributed by atoms with Crippen LogP contribution >= 0.6 is 0 Å². The van der Waals surface area contributed by atoms with E-state index in [4.69, 9.17) is 5.73 Å². The first-order valence-corrected chi connectivity index (χ1v) is 6.74. The number of primary amides is 1. The van der Waals surface area contributed by atoms with Gasteiger partial charge in [0.2, 0.25) is 5.91 Å². The highest BCUT2D eigenvalue weighted by Gasteiger charge is 2.20. The lowest BCUT2D eigenvalue weighted by Crippen LogP contribution is -2.21. The molecule has 3 heteroatoms. The molecule has 0 heterocycles. The van der Waals surface area contributed by atoms with Crippen molar-refractivity contribution in [2.24, 2.45) is 17.6 Å². The second-order valence-corrected chi connectivity index (χ2v) is 5.48. The summed E-state index contributed by atoms with van der Waals surface area (Å²) in [4.78, 5) is 11.1. The van der Waals surface area contributed by atoms with Gasteiger partial charge in [0, 0.05) is 12.1 Å². The fourth-order valence-electron chi connectivity index (χ4n) is 2.77. The highest BCUT2D eigenvalue weighted by atomic mass is 16.1. The lowest BCUT2D eigenvalue weighted by molar-refractivity contribution is 0.1000. The van der Waals surface area contributed by atoms with Crippen molar-refractivity contribution >= 4 is 5.91 Å². The van der Waals surface area contributed by atoms with Crippen molar-refractivity contribution in [2.75, 3.05) is 6.54 Å². The fourth-order valence-corrected chi connectivity index (χ4v) is 2.77. The smallest absolute Gasteiger partial charge is 0.248 e. The van der Waals surface area contributed by atoms with Crippen molar-refractivity contribution in [1.82, 2.24) is 5.32 Å². The zero-order chi connectivity index (χ0) is 13.0. The Hall–Kier alpha value is -1.35. The molecule has 0 radical (unpaired) electrons. The molecule has 0 bridgehead atoms. The Morgan fingerprint density at radius 1 is 1.44 bits per heavy atom. The van der Waals surface area contributed by atoms with Gasteiger partial charge in [-0.3, -0.25) is 4.79 Å². The van der Waals surface area contributed by atoms with Gasteiger partial charge in [-0.1, -0.05) is 25.5 Å². The van der Waals surface area contributed by atoms with Crippen LogP contribution in [-0.4, -0.2) is 12.5 Å². The number of nitrogens with one attached hydrogen (secondary N) is 1. The first-order chi connectivity index (χ1) is 8.65. The van der Waals surface area contributed by atoms with E-state index in [1.54, 1.807) is 6.07 Å². The topological polar surface area (TPSA) is 55.1 Å². The molecular weight excluding hydrogens is 224 g/mol. The Labute approximate surface area is 109 Å². The standard InChI is InChI=1S/C15H22N2O/c1-11-5-6-13(7-11)10-17-9-12-3-2-4-14(8-12)15(16)18/h2-4,8,11,13,17H,5-7,9-10H2,1H3,(H2,16,18). The summed E-state index contributed by atoms with van der Waals surface area (Å²) in [7, 11) is 0. The van der Waals surface area contributed by atoms with E-state index in [1.807, 2.05) is 18.2 Å². The van der Waals surface area contributed by atoms with Gasteiger partial charge >= 0.3 is 0 Å². The van der Waals surface area contributed by atoms with Gasteiger partial charge in [-0.15, -0.1) is 0 Å². The molecule has 0 aromatic heterocycles. The SMILES string of the molecule is CC1CCC(CNCc2cccc(C(N)=O)c2)C1. The van der Waals surface area contributed by atoms with Crippen LogP contribution in [0.25, 0.3) is 0 Å². The Morgan fingerprint density at radius 3 is 2.94 bits per heavy atom. The average Bonchev–Trinajstić information content (AvgIpc) is 2.75. The third-order valence-electron chi connectivity index (χ3n) is 3.78. The molecule has 1 aliphatic rings. The molecule has 2 rings (SSSR count). The first kappa shape index (κ1) is 13.1. The zero-order valence-corrected chi connectivity index (χ0v) is 11.0. The number of hydrogen-bond donors (Lipinski definition) is 2. The van der Waals surface area contributed by atoms with Crippen molar-refractivity contribution in [2.45, 2.75) is 32.7 Å². The van der Waals surface area contributed by atoms with Gasteiger partial charge < -0.3 is 11.1 Å². The lowest BCUT2D eigenvalue weighted by atomic mass is 10.1. The van der Waals surface area contributed by atoms with E-state index in [0.29, 0.717) is 5.56 Å². The summed E-state index contributed by atoms with van der Waals surface area (Å²) in [6.45, 7) is 4.22. The molecular formula is C15H22N2O. The molecule has 3 nitrogen and oxygen atoms in total. The number of benzene rings is 1. The molecule has 1 aromatic rings. The molecule has 98 valence electrons. The van der Waals surface area contributed by atoms with E-state index in [-0.39, 0.29) is 5.91 Å². The van der Waals surface area contributed by atoms with Crippen LogP contribution in [0.1, 0.15) is 42.1 Å². The quantitative estimate of drug-likeness (QED) is 0.837. The minimum absolute atomic E-state index is 0.360. The minimum atomic E-state index is -0.360. The number of hydrogen-bond acceptors (Lipinski definition) is 2. The first-order valence-electron chi connectivity index (χ1n) is 6.74. The van der Waals surface area contributed by atoms with Gasteiger partial charge in [0.1, 0.15) is 0 Å². The molecule has 1 aliphatic carbocycles. The predicted octanol–water partition coefficient (Wildman–Crippen LogP) is 2.31. The van der Waals surface area contributed by atoms with Crippen molar-refractivity contribution in [3.8, 4) is 0 Å². The molecule has 1 saturated carbocycles. The second-order valence-electron chi connectivity index (χ2n) is 5.48. The molecule has 2 unspecified atom stereocenters. The molecule has 1 aromatic carbocycles. The summed E-state index contributed by atoms with van der Waals surface area (Å²) in [6.07, 6.45) is 4.05. The Balaban J connectivity index is 1.79. The highest BCUT2D eigenvalue weighted by molar-refractivity contribution is 5.92. The van der Waals surface area contributed by atoms with Crippen LogP contribution in [0, 0.1) is 11.8 Å². The van der Waals surface area contributed by atoms with E-state index in [2.05, 4.69) is 12.2 Å². The molecule has 1 fully saturated rings. The summed E-state index contributed by atoms with van der Waals surface area (Å²) < 4.78 is 0. The molecule has 0 saturated heterocycles. The zero-order valence-electron chi connectivity index (χ0n) is 11.0. The summed E-state index contributed by atoms with van der Waals surface area (Å²) in [5, 5.41) is 3.48. The van der Waals surface area contributed by atoms with Gasteiger partial charge in [-0.05, 0) is 48.9 Å². The number of carbonyl (C=O) groups is 1. The van der Waals surface area contributed by atoms with Crippen LogP contribution in [0.2, 0.25) is 0 Å². The van der Waals surface area contributed by atoms with E-state index in [9.17, 15) is 4.79 Å². The third-order valence-corrected chi connectivity index (χ3v) is 3.78. The number of carbonyl (C=O) groups excluding carboxylic acids is 1. The summed E-state index contributed by atoms with van der Waals surface area (Å²) >= 11 is 0. The van der Waals surface area contributed by atoms with E-state index >= 15 is 0 Å². The number of amides is 1. The van der Waals surface area contributed by atoms with Gasteiger partial charge in [0.15, 0.2) is 0 Å². The maximum absolute atomic E-state index is 11.1. The van der Waals surface area contributed by atoms with Crippen molar-refractivity contribution in [3.05, 3.63) is 35.4 Å². The number of nitrogens with two attached hydrogens (primary N) is 1. The van der Waals surface area contributed by atoms with Crippen LogP contribution in [0.3, 0.4) is 0 Å². The lowest BCUT2D eigenvalue weighted by Gasteiger charge is -2.11. The van der Waals surface area contributed by atoms with E-state index in [0.717, 1.165) is 30.5 Å². The summed E-state index contributed by atoms with van der Waals surface area (Å²) in [6, 6.07) is 7.53. The Morgan fingerprint density at radius 2 is 2.28 bits per heavy atom. The van der Waals surface area contributed by atoms with Crippen molar-refractivity contribution in [1.29, 1.82) is 0 Å². The second kappa shape index (κ2) is 6.01. The maximum atomic E-state index is 11.1. The molecule has 0 spiro atoms. The molecule has 1 amide bonds. The van der Waals surface area contributed by atoms with Gasteiger partial charge in [-0.2, -0.15) is 0 Å². The largest absolute Gasteiger partial charge is 0.366 e. The van der Waals surface area contributed by atoms with E-state index < -0.39 is 0 Å². The fraction of sp³-hybridized carbons (Fsp3) is 0.533. The van der Waals surface area contributed by atoms with Crippen molar-refractivity contribution < 1.29 is 4.79 Å². The normalized spacial score (nSPS) is 23.2. The van der Waals surface area contributed by atoms with Crippen LogP contribution in [0.15, 0.2) is 24.3 Å². The van der Waals surface area contributed by atoms with Gasteiger partial charge in [0.25, 0.3) is 0 Å². The van der Waals surface area contributed by atoms with Gasteiger partial charge in [0.05, 0.1) is 0 Å². The number of rotatable bonds is 5.